The lowest BCUT2D eigenvalue weighted by Crippen LogP contribution is -2.38. The van der Waals surface area contributed by atoms with Crippen LogP contribution in [0, 0.1) is 0 Å². The molecule has 138 valence electrons. The quantitative estimate of drug-likeness (QED) is 0.395. The van der Waals surface area contributed by atoms with Crippen LogP contribution in [-0.2, 0) is 20.1 Å². The summed E-state index contributed by atoms with van der Waals surface area (Å²) in [7, 11) is 5.87. The molecule has 1 N–H and O–H groups in total. The van der Waals surface area contributed by atoms with Crippen LogP contribution in [0.1, 0.15) is 24.6 Å². The first-order valence-corrected chi connectivity index (χ1v) is 8.23. The van der Waals surface area contributed by atoms with E-state index in [9.17, 15) is 0 Å². The van der Waals surface area contributed by atoms with Crippen LogP contribution in [-0.4, -0.2) is 41.1 Å². The third-order valence-corrected chi connectivity index (χ3v) is 3.73. The summed E-state index contributed by atoms with van der Waals surface area (Å²) >= 11 is 0. The molecule has 0 atom stereocenters. The molecule has 0 aliphatic carbocycles. The molecule has 6 nitrogen and oxygen atoms in total. The van der Waals surface area contributed by atoms with Gasteiger partial charge < -0.3 is 19.5 Å². The van der Waals surface area contributed by atoms with Crippen LogP contribution in [0.15, 0.2) is 41.7 Å². The summed E-state index contributed by atoms with van der Waals surface area (Å²) < 4.78 is 7.61. The van der Waals surface area contributed by atoms with Crippen molar-refractivity contribution in [3.05, 3.63) is 47.9 Å². The summed E-state index contributed by atoms with van der Waals surface area (Å²) in [5.41, 5.74) is 2.33. The van der Waals surface area contributed by atoms with Gasteiger partial charge in [0.2, 0.25) is 5.88 Å². The van der Waals surface area contributed by atoms with Gasteiger partial charge in [0, 0.05) is 51.8 Å². The van der Waals surface area contributed by atoms with E-state index < -0.39 is 0 Å². The van der Waals surface area contributed by atoms with Gasteiger partial charge in [-0.3, -0.25) is 4.99 Å². The lowest BCUT2D eigenvalue weighted by Gasteiger charge is -2.22. The number of rotatable bonds is 7. The zero-order valence-electron chi connectivity index (χ0n) is 15.4. The smallest absolute Gasteiger partial charge is 0.213 e. The molecule has 0 aromatic carbocycles. The molecule has 2 heterocycles. The summed E-state index contributed by atoms with van der Waals surface area (Å²) in [5.74, 6) is 1.52. The summed E-state index contributed by atoms with van der Waals surface area (Å²) in [6.45, 7) is 4.24. The molecule has 2 rings (SSSR count). The van der Waals surface area contributed by atoms with Gasteiger partial charge in [0.1, 0.15) is 0 Å². The Kier molecular flexibility index (Phi) is 9.33. The maximum Gasteiger partial charge on any atom is 0.213 e. The minimum Gasteiger partial charge on any atom is -0.478 e. The first-order chi connectivity index (χ1) is 11.6. The average molecular weight is 457 g/mol. The first-order valence-electron chi connectivity index (χ1n) is 8.23. The van der Waals surface area contributed by atoms with Crippen molar-refractivity contribution >= 4 is 29.9 Å². The van der Waals surface area contributed by atoms with Crippen LogP contribution in [0.4, 0.5) is 0 Å². The summed E-state index contributed by atoms with van der Waals surface area (Å²) in [5, 5.41) is 3.37. The van der Waals surface area contributed by atoms with Gasteiger partial charge in [-0.25, -0.2) is 4.98 Å². The zero-order valence-corrected chi connectivity index (χ0v) is 17.7. The maximum absolute atomic E-state index is 5.50. The lowest BCUT2D eigenvalue weighted by atomic mass is 10.3. The largest absolute Gasteiger partial charge is 0.478 e. The Balaban J connectivity index is 0.00000312. The van der Waals surface area contributed by atoms with Crippen molar-refractivity contribution in [2.45, 2.75) is 26.4 Å². The Bertz CT molecular complexity index is 654. The van der Waals surface area contributed by atoms with Gasteiger partial charge in [-0.2, -0.15) is 0 Å². The zero-order chi connectivity index (χ0) is 17.4. The second kappa shape index (κ2) is 11.0. The number of halogens is 1. The number of aliphatic imine (C=N–C) groups is 1. The summed E-state index contributed by atoms with van der Waals surface area (Å²) in [4.78, 5) is 10.8. The number of hydrogen-bond donors (Lipinski definition) is 1. The SMILES string of the molecule is CCCOc1ccc(CNC(=NC)N(C)Cc2cccn2C)cn1.I. The number of nitrogens with one attached hydrogen (secondary N) is 1. The average Bonchev–Trinajstić information content (AvgIpc) is 2.99. The molecular weight excluding hydrogens is 429 g/mol. The molecule has 0 amide bonds. The summed E-state index contributed by atoms with van der Waals surface area (Å²) in [6, 6.07) is 8.09. The second-order valence-electron chi connectivity index (χ2n) is 5.72. The van der Waals surface area contributed by atoms with E-state index in [1.54, 1.807) is 7.05 Å². The molecule has 25 heavy (non-hydrogen) atoms. The van der Waals surface area contributed by atoms with E-state index in [1.807, 2.05) is 44.7 Å². The molecule has 0 unspecified atom stereocenters. The van der Waals surface area contributed by atoms with Crippen molar-refractivity contribution in [3.63, 3.8) is 0 Å². The molecule has 0 radical (unpaired) electrons. The third kappa shape index (κ3) is 6.56. The molecule has 0 spiro atoms. The number of nitrogens with zero attached hydrogens (tertiary/aromatic N) is 4. The van der Waals surface area contributed by atoms with Crippen LogP contribution in [0.2, 0.25) is 0 Å². The standard InChI is InChI=1S/C18H27N5O.HI/c1-5-11-24-17-9-8-15(12-20-17)13-21-18(19-2)23(4)14-16-7-6-10-22(16)3;/h6-10,12H,5,11,13-14H2,1-4H3,(H,19,21);1H. The van der Waals surface area contributed by atoms with Crippen LogP contribution in [0.25, 0.3) is 0 Å². The van der Waals surface area contributed by atoms with E-state index in [0.29, 0.717) is 19.0 Å². The van der Waals surface area contributed by atoms with Crippen LogP contribution in [0.5, 0.6) is 5.88 Å². The van der Waals surface area contributed by atoms with E-state index >= 15 is 0 Å². The number of guanidine groups is 1. The Morgan fingerprint density at radius 3 is 2.72 bits per heavy atom. The molecule has 0 saturated carbocycles. The molecule has 0 bridgehead atoms. The van der Waals surface area contributed by atoms with Gasteiger partial charge >= 0.3 is 0 Å². The van der Waals surface area contributed by atoms with Gasteiger partial charge in [-0.15, -0.1) is 24.0 Å². The van der Waals surface area contributed by atoms with E-state index in [0.717, 1.165) is 24.5 Å². The van der Waals surface area contributed by atoms with Crippen molar-refractivity contribution in [3.8, 4) is 5.88 Å². The van der Waals surface area contributed by atoms with E-state index in [2.05, 4.69) is 37.8 Å². The molecule has 7 heteroatoms. The second-order valence-corrected chi connectivity index (χ2v) is 5.72. The molecule has 2 aromatic heterocycles. The van der Waals surface area contributed by atoms with Crippen molar-refractivity contribution in [1.82, 2.24) is 19.8 Å². The Morgan fingerprint density at radius 1 is 1.36 bits per heavy atom. The molecular formula is C18H28IN5O. The Hall–Kier alpha value is -1.77. The van der Waals surface area contributed by atoms with Gasteiger partial charge in [-0.1, -0.05) is 13.0 Å². The summed E-state index contributed by atoms with van der Waals surface area (Å²) in [6.07, 6.45) is 4.87. The lowest BCUT2D eigenvalue weighted by molar-refractivity contribution is 0.305. The number of ether oxygens (including phenoxy) is 1. The predicted molar refractivity (Wildman–Crippen MR) is 113 cm³/mol. The minimum absolute atomic E-state index is 0. The monoisotopic (exact) mass is 457 g/mol. The minimum atomic E-state index is 0. The predicted octanol–water partition coefficient (Wildman–Crippen LogP) is 3.03. The van der Waals surface area contributed by atoms with Gasteiger partial charge in [0.15, 0.2) is 5.96 Å². The fraction of sp³-hybridized carbons (Fsp3) is 0.444. The molecule has 2 aromatic rings. The highest BCUT2D eigenvalue weighted by Crippen LogP contribution is 2.08. The molecule has 0 saturated heterocycles. The van der Waals surface area contributed by atoms with Crippen LogP contribution in [0.3, 0.4) is 0 Å². The highest BCUT2D eigenvalue weighted by molar-refractivity contribution is 14.0. The van der Waals surface area contributed by atoms with Crippen LogP contribution >= 0.6 is 24.0 Å². The van der Waals surface area contributed by atoms with Crippen LogP contribution < -0.4 is 10.1 Å². The fourth-order valence-corrected chi connectivity index (χ4v) is 2.35. The molecule has 0 fully saturated rings. The van der Waals surface area contributed by atoms with Crippen molar-refractivity contribution in [2.24, 2.45) is 12.0 Å². The molecule has 0 aliphatic heterocycles. The maximum atomic E-state index is 5.50. The third-order valence-electron chi connectivity index (χ3n) is 3.73. The first kappa shape index (κ1) is 21.3. The number of pyridine rings is 1. The van der Waals surface area contributed by atoms with Gasteiger partial charge in [0.05, 0.1) is 13.2 Å². The van der Waals surface area contributed by atoms with E-state index in [1.165, 1.54) is 5.69 Å². The van der Waals surface area contributed by atoms with Crippen molar-refractivity contribution < 1.29 is 4.74 Å². The van der Waals surface area contributed by atoms with Gasteiger partial charge in [-0.05, 0) is 24.1 Å². The van der Waals surface area contributed by atoms with Gasteiger partial charge in [0.25, 0.3) is 0 Å². The number of hydrogen-bond acceptors (Lipinski definition) is 3. The van der Waals surface area contributed by atoms with E-state index in [4.69, 9.17) is 4.74 Å². The van der Waals surface area contributed by atoms with Crippen molar-refractivity contribution in [2.75, 3.05) is 20.7 Å². The topological polar surface area (TPSA) is 54.7 Å². The highest BCUT2D eigenvalue weighted by atomic mass is 127. The van der Waals surface area contributed by atoms with E-state index in [-0.39, 0.29) is 24.0 Å². The van der Waals surface area contributed by atoms with Crippen molar-refractivity contribution in [1.29, 1.82) is 0 Å². The Labute approximate surface area is 167 Å². The highest BCUT2D eigenvalue weighted by Gasteiger charge is 2.08. The fourth-order valence-electron chi connectivity index (χ4n) is 2.35. The molecule has 0 aliphatic rings. The Morgan fingerprint density at radius 2 is 2.16 bits per heavy atom. The normalized spacial score (nSPS) is 11.0. The number of aromatic nitrogens is 2. The number of aryl methyl sites for hydroxylation is 1.